The van der Waals surface area contributed by atoms with Crippen LogP contribution in [-0.4, -0.2) is 17.7 Å². The van der Waals surface area contributed by atoms with E-state index in [-0.39, 0.29) is 18.2 Å². The van der Waals surface area contributed by atoms with E-state index < -0.39 is 5.97 Å². The molecule has 1 fully saturated rings. The average molecular weight is 250 g/mol. The molecular formula is C14H15FO3. The summed E-state index contributed by atoms with van der Waals surface area (Å²) in [6.07, 6.45) is 2.81. The van der Waals surface area contributed by atoms with E-state index in [2.05, 4.69) is 0 Å². The van der Waals surface area contributed by atoms with Gasteiger partial charge in [0.1, 0.15) is 11.6 Å². The average Bonchev–Trinajstić information content (AvgIpc) is 3.05. The summed E-state index contributed by atoms with van der Waals surface area (Å²) in [7, 11) is 0. The Balaban J connectivity index is 1.95. The van der Waals surface area contributed by atoms with Gasteiger partial charge in [0.05, 0.1) is 13.0 Å². The Hall–Kier alpha value is -1.58. The first-order valence-electron chi connectivity index (χ1n) is 6.32. The Morgan fingerprint density at radius 2 is 2.28 bits per heavy atom. The van der Waals surface area contributed by atoms with Crippen molar-refractivity contribution in [2.24, 2.45) is 5.92 Å². The van der Waals surface area contributed by atoms with Crippen LogP contribution in [0.25, 0.3) is 0 Å². The minimum Gasteiger partial charge on any atom is -0.493 e. The van der Waals surface area contributed by atoms with E-state index in [0.29, 0.717) is 23.8 Å². The van der Waals surface area contributed by atoms with Crippen molar-refractivity contribution in [3.63, 3.8) is 0 Å². The Labute approximate surface area is 105 Å². The molecule has 1 saturated carbocycles. The van der Waals surface area contributed by atoms with E-state index in [0.717, 1.165) is 24.8 Å². The smallest absolute Gasteiger partial charge is 0.303 e. The summed E-state index contributed by atoms with van der Waals surface area (Å²) >= 11 is 0. The number of rotatable bonds is 4. The topological polar surface area (TPSA) is 46.5 Å². The third kappa shape index (κ3) is 2.07. The SMILES string of the molecule is O=C(O)CC(c1cc2c(cc1F)OCC2)C1CC1. The van der Waals surface area contributed by atoms with Gasteiger partial charge in [-0.1, -0.05) is 0 Å². The predicted octanol–water partition coefficient (Wildman–Crippen LogP) is 2.73. The minimum absolute atomic E-state index is 0.0151. The normalized spacial score (nSPS) is 19.2. The molecule has 0 amide bonds. The summed E-state index contributed by atoms with van der Waals surface area (Å²) < 4.78 is 19.4. The van der Waals surface area contributed by atoms with Crippen LogP contribution in [0.3, 0.4) is 0 Å². The fourth-order valence-corrected chi connectivity index (χ4v) is 2.72. The molecule has 1 aromatic carbocycles. The van der Waals surface area contributed by atoms with Gasteiger partial charge in [-0.2, -0.15) is 0 Å². The molecule has 0 spiro atoms. The molecule has 1 aliphatic heterocycles. The van der Waals surface area contributed by atoms with Gasteiger partial charge >= 0.3 is 5.97 Å². The summed E-state index contributed by atoms with van der Waals surface area (Å²) in [5, 5.41) is 8.96. The summed E-state index contributed by atoms with van der Waals surface area (Å²) in [6.45, 7) is 0.589. The van der Waals surface area contributed by atoms with Crippen LogP contribution < -0.4 is 4.74 Å². The first kappa shape index (κ1) is 11.5. The van der Waals surface area contributed by atoms with E-state index in [9.17, 15) is 9.18 Å². The zero-order chi connectivity index (χ0) is 12.7. The van der Waals surface area contributed by atoms with Crippen molar-refractivity contribution in [3.8, 4) is 5.75 Å². The molecule has 1 aliphatic carbocycles. The second-order valence-corrected chi connectivity index (χ2v) is 5.12. The lowest BCUT2D eigenvalue weighted by atomic mass is 9.89. The third-order valence-electron chi connectivity index (χ3n) is 3.79. The predicted molar refractivity (Wildman–Crippen MR) is 63.3 cm³/mol. The van der Waals surface area contributed by atoms with E-state index in [4.69, 9.17) is 9.84 Å². The summed E-state index contributed by atoms with van der Waals surface area (Å²) in [4.78, 5) is 10.9. The number of hydrogen-bond donors (Lipinski definition) is 1. The first-order chi connectivity index (χ1) is 8.65. The lowest BCUT2D eigenvalue weighted by Crippen LogP contribution is -2.10. The van der Waals surface area contributed by atoms with Crippen LogP contribution >= 0.6 is 0 Å². The quantitative estimate of drug-likeness (QED) is 0.893. The van der Waals surface area contributed by atoms with Crippen molar-refractivity contribution in [1.82, 2.24) is 0 Å². The van der Waals surface area contributed by atoms with Crippen LogP contribution in [0.15, 0.2) is 12.1 Å². The molecule has 3 nitrogen and oxygen atoms in total. The Bertz CT molecular complexity index is 494. The van der Waals surface area contributed by atoms with Crippen LogP contribution in [0.2, 0.25) is 0 Å². The van der Waals surface area contributed by atoms with Crippen molar-refractivity contribution in [2.75, 3.05) is 6.61 Å². The maximum atomic E-state index is 14.1. The second kappa shape index (κ2) is 4.26. The Morgan fingerprint density at radius 3 is 2.94 bits per heavy atom. The molecule has 0 saturated heterocycles. The first-order valence-corrected chi connectivity index (χ1v) is 6.32. The fourth-order valence-electron chi connectivity index (χ4n) is 2.72. The van der Waals surface area contributed by atoms with Crippen molar-refractivity contribution in [3.05, 3.63) is 29.1 Å². The third-order valence-corrected chi connectivity index (χ3v) is 3.79. The number of carboxylic acid groups (broad SMARTS) is 1. The van der Waals surface area contributed by atoms with Crippen LogP contribution in [0, 0.1) is 11.7 Å². The number of carboxylic acids is 1. The highest BCUT2D eigenvalue weighted by Gasteiger charge is 2.36. The number of aliphatic carboxylic acids is 1. The number of benzene rings is 1. The molecule has 1 atom stereocenters. The fraction of sp³-hybridized carbons (Fsp3) is 0.500. The molecular weight excluding hydrogens is 235 g/mol. The molecule has 0 radical (unpaired) electrons. The summed E-state index contributed by atoms with van der Waals surface area (Å²) in [5.74, 6) is -0.428. The van der Waals surface area contributed by atoms with E-state index in [1.807, 2.05) is 6.07 Å². The van der Waals surface area contributed by atoms with Gasteiger partial charge in [-0.3, -0.25) is 4.79 Å². The van der Waals surface area contributed by atoms with Gasteiger partial charge in [0.2, 0.25) is 0 Å². The standard InChI is InChI=1S/C14H15FO3/c15-12-7-13-9(3-4-18-13)5-11(12)10(6-14(16)17)8-1-2-8/h5,7-8,10H,1-4,6H2,(H,16,17). The lowest BCUT2D eigenvalue weighted by Gasteiger charge is -2.16. The van der Waals surface area contributed by atoms with Crippen LogP contribution in [0.5, 0.6) is 5.75 Å². The molecule has 1 unspecified atom stereocenters. The molecule has 18 heavy (non-hydrogen) atoms. The molecule has 3 rings (SSSR count). The van der Waals surface area contributed by atoms with Crippen LogP contribution in [0.1, 0.15) is 36.3 Å². The monoisotopic (exact) mass is 250 g/mol. The van der Waals surface area contributed by atoms with Crippen molar-refractivity contribution in [2.45, 2.75) is 31.6 Å². The van der Waals surface area contributed by atoms with Crippen molar-refractivity contribution >= 4 is 5.97 Å². The van der Waals surface area contributed by atoms with Crippen LogP contribution in [0.4, 0.5) is 4.39 Å². The largest absolute Gasteiger partial charge is 0.493 e. The zero-order valence-corrected chi connectivity index (χ0v) is 9.99. The van der Waals surface area contributed by atoms with Gasteiger partial charge < -0.3 is 9.84 Å². The maximum Gasteiger partial charge on any atom is 0.303 e. The van der Waals surface area contributed by atoms with Gasteiger partial charge in [0, 0.05) is 18.4 Å². The van der Waals surface area contributed by atoms with Crippen LogP contribution in [-0.2, 0) is 11.2 Å². The van der Waals surface area contributed by atoms with Gasteiger partial charge in [0.15, 0.2) is 0 Å². The molecule has 2 aliphatic rings. The maximum absolute atomic E-state index is 14.1. The van der Waals surface area contributed by atoms with Gasteiger partial charge in [0.25, 0.3) is 0 Å². The number of hydrogen-bond acceptors (Lipinski definition) is 2. The molecule has 1 N–H and O–H groups in total. The Morgan fingerprint density at radius 1 is 1.50 bits per heavy atom. The second-order valence-electron chi connectivity index (χ2n) is 5.12. The summed E-state index contributed by atoms with van der Waals surface area (Å²) in [6, 6.07) is 3.22. The highest BCUT2D eigenvalue weighted by atomic mass is 19.1. The van der Waals surface area contributed by atoms with Gasteiger partial charge in [-0.25, -0.2) is 4.39 Å². The number of halogens is 1. The zero-order valence-electron chi connectivity index (χ0n) is 9.99. The number of carbonyl (C=O) groups is 1. The Kier molecular flexibility index (Phi) is 2.73. The number of fused-ring (bicyclic) bond motifs is 1. The van der Waals surface area contributed by atoms with Crippen molar-refractivity contribution < 1.29 is 19.0 Å². The van der Waals surface area contributed by atoms with E-state index in [1.165, 1.54) is 6.07 Å². The van der Waals surface area contributed by atoms with Crippen molar-refractivity contribution in [1.29, 1.82) is 0 Å². The molecule has 1 heterocycles. The molecule has 4 heteroatoms. The lowest BCUT2D eigenvalue weighted by molar-refractivity contribution is -0.137. The minimum atomic E-state index is -0.858. The summed E-state index contributed by atoms with van der Waals surface area (Å²) in [5.41, 5.74) is 1.56. The van der Waals surface area contributed by atoms with E-state index in [1.54, 1.807) is 0 Å². The van der Waals surface area contributed by atoms with Gasteiger partial charge in [-0.15, -0.1) is 0 Å². The number of ether oxygens (including phenoxy) is 1. The molecule has 96 valence electrons. The highest BCUT2D eigenvalue weighted by molar-refractivity contribution is 5.68. The molecule has 0 bridgehead atoms. The van der Waals surface area contributed by atoms with Gasteiger partial charge in [-0.05, 0) is 36.0 Å². The molecule has 0 aromatic heterocycles. The van der Waals surface area contributed by atoms with E-state index >= 15 is 0 Å². The molecule has 1 aromatic rings. The highest BCUT2D eigenvalue weighted by Crippen LogP contribution is 2.46.